The van der Waals surface area contributed by atoms with Crippen molar-refractivity contribution in [3.63, 3.8) is 0 Å². The number of benzene rings is 2. The molecule has 0 aliphatic rings. The molecular formula is C20H22O3S. The van der Waals surface area contributed by atoms with Crippen LogP contribution in [0.25, 0.3) is 6.08 Å². The van der Waals surface area contributed by atoms with Crippen LogP contribution >= 0.6 is 12.2 Å². The molecule has 0 fully saturated rings. The highest BCUT2D eigenvalue weighted by molar-refractivity contribution is 7.81. The summed E-state index contributed by atoms with van der Waals surface area (Å²) in [6.45, 7) is 2.06. The summed E-state index contributed by atoms with van der Waals surface area (Å²) >= 11 is 5.48. The molecule has 0 aliphatic heterocycles. The Morgan fingerprint density at radius 1 is 1.00 bits per heavy atom. The van der Waals surface area contributed by atoms with E-state index in [1.165, 1.54) is 0 Å². The molecule has 2 aromatic rings. The molecule has 2 aromatic carbocycles. The molecule has 0 aliphatic carbocycles. The highest BCUT2D eigenvalue weighted by Gasteiger charge is 2.18. The van der Waals surface area contributed by atoms with Gasteiger partial charge in [0.1, 0.15) is 5.75 Å². The zero-order valence-corrected chi connectivity index (χ0v) is 15.3. The van der Waals surface area contributed by atoms with Gasteiger partial charge >= 0.3 is 0 Å². The van der Waals surface area contributed by atoms with Gasteiger partial charge in [0.05, 0.1) is 21.3 Å². The van der Waals surface area contributed by atoms with Gasteiger partial charge in [-0.25, -0.2) is 0 Å². The minimum atomic E-state index is 0.683. The summed E-state index contributed by atoms with van der Waals surface area (Å²) < 4.78 is 16.6. The maximum absolute atomic E-state index is 5.57. The van der Waals surface area contributed by atoms with Crippen molar-refractivity contribution >= 4 is 23.2 Å². The van der Waals surface area contributed by atoms with E-state index in [9.17, 15) is 0 Å². The molecule has 24 heavy (non-hydrogen) atoms. The first-order valence-corrected chi connectivity index (χ1v) is 8.16. The van der Waals surface area contributed by atoms with Gasteiger partial charge in [-0.15, -0.1) is 0 Å². The SMILES string of the molecule is CCc1c(OC)cc(C=CC(=S)c2ccccc2)c(OC)c1OC. The van der Waals surface area contributed by atoms with Crippen molar-refractivity contribution in [1.82, 2.24) is 0 Å². The Morgan fingerprint density at radius 3 is 2.21 bits per heavy atom. The lowest BCUT2D eigenvalue weighted by molar-refractivity contribution is 0.343. The molecule has 0 amide bonds. The number of methoxy groups -OCH3 is 3. The van der Waals surface area contributed by atoms with Gasteiger partial charge in [-0.1, -0.05) is 49.5 Å². The van der Waals surface area contributed by atoms with Gasteiger partial charge in [0.2, 0.25) is 0 Å². The Hall–Kier alpha value is -2.33. The summed E-state index contributed by atoms with van der Waals surface area (Å²) in [5.41, 5.74) is 2.85. The van der Waals surface area contributed by atoms with Crippen LogP contribution in [0.4, 0.5) is 0 Å². The van der Waals surface area contributed by atoms with Crippen LogP contribution in [0.1, 0.15) is 23.6 Å². The van der Waals surface area contributed by atoms with Crippen LogP contribution in [0.2, 0.25) is 0 Å². The standard InChI is InChI=1S/C20H22O3S/c1-5-16-17(21-2)13-15(19(22-3)20(16)23-4)11-12-18(24)14-9-7-6-8-10-14/h6-13H,5H2,1-4H3. The molecule has 0 saturated heterocycles. The minimum absolute atomic E-state index is 0.683. The van der Waals surface area contributed by atoms with Crippen molar-refractivity contribution in [2.45, 2.75) is 13.3 Å². The molecule has 0 radical (unpaired) electrons. The van der Waals surface area contributed by atoms with Gasteiger partial charge in [-0.05, 0) is 30.2 Å². The van der Waals surface area contributed by atoms with Crippen LogP contribution < -0.4 is 14.2 Å². The minimum Gasteiger partial charge on any atom is -0.496 e. The summed E-state index contributed by atoms with van der Waals surface area (Å²) in [7, 11) is 4.93. The Bertz CT molecular complexity index is 736. The van der Waals surface area contributed by atoms with E-state index in [1.54, 1.807) is 21.3 Å². The molecular weight excluding hydrogens is 320 g/mol. The quantitative estimate of drug-likeness (QED) is 0.414. The molecule has 2 rings (SSSR count). The molecule has 0 N–H and O–H groups in total. The van der Waals surface area contributed by atoms with E-state index in [0.717, 1.165) is 33.7 Å². The van der Waals surface area contributed by atoms with E-state index in [1.807, 2.05) is 48.6 Å². The lowest BCUT2D eigenvalue weighted by atomic mass is 10.0. The average Bonchev–Trinajstić information content (AvgIpc) is 2.64. The van der Waals surface area contributed by atoms with E-state index < -0.39 is 0 Å². The van der Waals surface area contributed by atoms with Crippen LogP contribution in [0, 0.1) is 0 Å². The maximum Gasteiger partial charge on any atom is 0.168 e. The summed E-state index contributed by atoms with van der Waals surface area (Å²) in [4.78, 5) is 0.759. The molecule has 0 bridgehead atoms. The first-order chi connectivity index (χ1) is 11.7. The summed E-state index contributed by atoms with van der Waals surface area (Å²) in [6.07, 6.45) is 4.61. The van der Waals surface area contributed by atoms with E-state index in [4.69, 9.17) is 26.4 Å². The van der Waals surface area contributed by atoms with Gasteiger partial charge in [0.15, 0.2) is 11.5 Å². The lowest BCUT2D eigenvalue weighted by Crippen LogP contribution is -2.01. The van der Waals surface area contributed by atoms with Crippen LogP contribution in [0.15, 0.2) is 42.5 Å². The largest absolute Gasteiger partial charge is 0.496 e. The Morgan fingerprint density at radius 2 is 1.67 bits per heavy atom. The van der Waals surface area contributed by atoms with Gasteiger partial charge < -0.3 is 14.2 Å². The highest BCUT2D eigenvalue weighted by atomic mass is 32.1. The second-order valence-corrected chi connectivity index (χ2v) is 5.57. The van der Waals surface area contributed by atoms with Crippen molar-refractivity contribution in [2.24, 2.45) is 0 Å². The Labute approximate surface area is 148 Å². The lowest BCUT2D eigenvalue weighted by Gasteiger charge is -2.17. The smallest absolute Gasteiger partial charge is 0.168 e. The number of rotatable bonds is 7. The van der Waals surface area contributed by atoms with Crippen molar-refractivity contribution in [3.8, 4) is 17.2 Å². The fraction of sp³-hybridized carbons (Fsp3) is 0.250. The van der Waals surface area contributed by atoms with Crippen LogP contribution in [0.3, 0.4) is 0 Å². The molecule has 0 atom stereocenters. The van der Waals surface area contributed by atoms with Crippen LogP contribution in [0.5, 0.6) is 17.2 Å². The first kappa shape index (κ1) is 18.0. The van der Waals surface area contributed by atoms with Gasteiger partial charge in [-0.3, -0.25) is 0 Å². The molecule has 0 heterocycles. The molecule has 0 spiro atoms. The van der Waals surface area contributed by atoms with Crippen LogP contribution in [-0.2, 0) is 6.42 Å². The highest BCUT2D eigenvalue weighted by Crippen LogP contribution is 2.41. The summed E-state index contributed by atoms with van der Waals surface area (Å²) in [6, 6.07) is 11.8. The first-order valence-electron chi connectivity index (χ1n) is 7.75. The van der Waals surface area contributed by atoms with Crippen molar-refractivity contribution in [1.29, 1.82) is 0 Å². The van der Waals surface area contributed by atoms with Crippen molar-refractivity contribution in [2.75, 3.05) is 21.3 Å². The molecule has 0 aromatic heterocycles. The van der Waals surface area contributed by atoms with E-state index in [0.29, 0.717) is 11.5 Å². The number of thiocarbonyl (C=S) groups is 1. The fourth-order valence-corrected chi connectivity index (χ4v) is 2.81. The zero-order valence-electron chi connectivity index (χ0n) is 14.5. The maximum atomic E-state index is 5.57. The normalized spacial score (nSPS) is 10.7. The Balaban J connectivity index is 2.46. The molecule has 0 saturated carbocycles. The van der Waals surface area contributed by atoms with E-state index in [-0.39, 0.29) is 0 Å². The number of hydrogen-bond donors (Lipinski definition) is 0. The summed E-state index contributed by atoms with van der Waals surface area (Å²) in [5.74, 6) is 2.16. The second-order valence-electron chi connectivity index (χ2n) is 5.13. The monoisotopic (exact) mass is 342 g/mol. The molecule has 3 nitrogen and oxygen atoms in total. The third kappa shape index (κ3) is 3.77. The molecule has 0 unspecified atom stereocenters. The van der Waals surface area contributed by atoms with Gasteiger partial charge in [0.25, 0.3) is 0 Å². The average molecular weight is 342 g/mol. The predicted octanol–water partition coefficient (Wildman–Crippen LogP) is 4.71. The fourth-order valence-electron chi connectivity index (χ4n) is 2.61. The second kappa shape index (κ2) is 8.50. The Kier molecular flexibility index (Phi) is 6.38. The van der Waals surface area contributed by atoms with Crippen LogP contribution in [-0.4, -0.2) is 26.2 Å². The third-order valence-corrected chi connectivity index (χ3v) is 4.15. The summed E-state index contributed by atoms with van der Waals surface area (Å²) in [5, 5.41) is 0. The van der Waals surface area contributed by atoms with E-state index >= 15 is 0 Å². The zero-order chi connectivity index (χ0) is 17.5. The topological polar surface area (TPSA) is 27.7 Å². The molecule has 126 valence electrons. The van der Waals surface area contributed by atoms with Gasteiger partial charge in [-0.2, -0.15) is 0 Å². The van der Waals surface area contributed by atoms with E-state index in [2.05, 4.69) is 6.92 Å². The molecule has 4 heteroatoms. The predicted molar refractivity (Wildman–Crippen MR) is 103 cm³/mol. The van der Waals surface area contributed by atoms with Crippen molar-refractivity contribution < 1.29 is 14.2 Å². The number of allylic oxidation sites excluding steroid dienone is 1. The number of ether oxygens (including phenoxy) is 3. The van der Waals surface area contributed by atoms with Gasteiger partial charge in [0, 0.05) is 16.0 Å². The number of hydrogen-bond acceptors (Lipinski definition) is 4. The van der Waals surface area contributed by atoms with Crippen molar-refractivity contribution in [3.05, 3.63) is 59.2 Å². The third-order valence-electron chi connectivity index (χ3n) is 3.78.